The first-order chi connectivity index (χ1) is 9.85. The van der Waals surface area contributed by atoms with Crippen LogP contribution in [-0.4, -0.2) is 12.1 Å². The highest BCUT2D eigenvalue weighted by molar-refractivity contribution is 5.38. The third-order valence-electron chi connectivity index (χ3n) is 5.69. The minimum atomic E-state index is 0.148. The first-order valence-corrected chi connectivity index (χ1v) is 8.33. The fourth-order valence-corrected chi connectivity index (χ4v) is 3.30. The molecule has 0 bridgehead atoms. The molecule has 1 aliphatic carbocycles. The number of ether oxygens (including phenoxy) is 1. The third kappa shape index (κ3) is 3.60. The second kappa shape index (κ2) is 6.39. The van der Waals surface area contributed by atoms with Crippen molar-refractivity contribution < 1.29 is 4.74 Å². The Kier molecular flexibility index (Phi) is 4.98. The van der Waals surface area contributed by atoms with Crippen LogP contribution in [0.3, 0.4) is 0 Å². The Hall–Kier alpha value is -1.02. The van der Waals surface area contributed by atoms with Gasteiger partial charge in [0.2, 0.25) is 0 Å². The van der Waals surface area contributed by atoms with Gasteiger partial charge in [0.1, 0.15) is 11.9 Å². The molecule has 1 aliphatic rings. The van der Waals surface area contributed by atoms with Gasteiger partial charge >= 0.3 is 0 Å². The summed E-state index contributed by atoms with van der Waals surface area (Å²) in [5.74, 6) is 1.71. The van der Waals surface area contributed by atoms with E-state index in [1.807, 2.05) is 0 Å². The van der Waals surface area contributed by atoms with Crippen LogP contribution in [-0.2, 0) is 0 Å². The fraction of sp³-hybridized carbons (Fsp3) is 0.684. The predicted molar refractivity (Wildman–Crippen MR) is 89.7 cm³/mol. The van der Waals surface area contributed by atoms with Gasteiger partial charge in [-0.1, -0.05) is 39.3 Å². The monoisotopic (exact) mass is 289 g/mol. The predicted octanol–water partition coefficient (Wildman–Crippen LogP) is 4.61. The summed E-state index contributed by atoms with van der Waals surface area (Å²) >= 11 is 0. The molecule has 1 aromatic carbocycles. The first kappa shape index (κ1) is 16.4. The van der Waals surface area contributed by atoms with E-state index in [9.17, 15) is 0 Å². The summed E-state index contributed by atoms with van der Waals surface area (Å²) in [4.78, 5) is 0. The van der Waals surface area contributed by atoms with E-state index in [1.165, 1.54) is 24.0 Å². The van der Waals surface area contributed by atoms with Crippen LogP contribution in [0, 0.1) is 25.2 Å². The van der Waals surface area contributed by atoms with Crippen molar-refractivity contribution in [3.63, 3.8) is 0 Å². The third-order valence-corrected chi connectivity index (χ3v) is 5.69. The van der Waals surface area contributed by atoms with Crippen LogP contribution in [0.1, 0.15) is 57.6 Å². The van der Waals surface area contributed by atoms with Crippen LogP contribution in [0.25, 0.3) is 0 Å². The molecule has 2 heteroatoms. The zero-order valence-corrected chi connectivity index (χ0v) is 14.3. The van der Waals surface area contributed by atoms with E-state index in [0.29, 0.717) is 11.3 Å². The van der Waals surface area contributed by atoms with Gasteiger partial charge in [0.05, 0.1) is 0 Å². The van der Waals surface area contributed by atoms with E-state index in [4.69, 9.17) is 10.5 Å². The lowest BCUT2D eigenvalue weighted by atomic mass is 9.68. The van der Waals surface area contributed by atoms with Crippen molar-refractivity contribution >= 4 is 0 Å². The maximum Gasteiger partial charge on any atom is 0.122 e. The van der Waals surface area contributed by atoms with Crippen LogP contribution in [0.4, 0.5) is 0 Å². The zero-order valence-electron chi connectivity index (χ0n) is 14.3. The number of hydrogen-bond donors (Lipinski definition) is 1. The molecule has 2 rings (SSSR count). The number of nitrogens with two attached hydrogens (primary N) is 1. The molecule has 2 nitrogen and oxygen atoms in total. The highest BCUT2D eigenvalue weighted by Gasteiger charge is 2.37. The fourth-order valence-electron chi connectivity index (χ4n) is 3.30. The SMILES string of the molecule is CCC(C)(C)C1CCC(N)C(Oc2cccc(C)c2C)C1. The van der Waals surface area contributed by atoms with E-state index < -0.39 is 0 Å². The van der Waals surface area contributed by atoms with Crippen molar-refractivity contribution in [2.45, 2.75) is 72.4 Å². The molecule has 0 radical (unpaired) electrons. The molecule has 0 spiro atoms. The molecule has 0 saturated heterocycles. The van der Waals surface area contributed by atoms with E-state index >= 15 is 0 Å². The largest absolute Gasteiger partial charge is 0.489 e. The van der Waals surface area contributed by atoms with Gasteiger partial charge in [-0.2, -0.15) is 0 Å². The quantitative estimate of drug-likeness (QED) is 0.878. The molecule has 3 atom stereocenters. The standard InChI is InChI=1S/C19H31NO/c1-6-19(4,5)15-10-11-16(20)18(12-15)21-17-9-7-8-13(2)14(17)3/h7-9,15-16,18H,6,10-12,20H2,1-5H3. The molecule has 0 heterocycles. The summed E-state index contributed by atoms with van der Waals surface area (Å²) < 4.78 is 6.32. The van der Waals surface area contributed by atoms with Gasteiger partial charge in [0, 0.05) is 6.04 Å². The Morgan fingerprint density at radius 1 is 1.24 bits per heavy atom. The van der Waals surface area contributed by atoms with Crippen LogP contribution in [0.15, 0.2) is 18.2 Å². The van der Waals surface area contributed by atoms with Gasteiger partial charge in [-0.05, 0) is 61.6 Å². The van der Waals surface area contributed by atoms with E-state index in [2.05, 4.69) is 52.8 Å². The van der Waals surface area contributed by atoms with Gasteiger partial charge in [-0.25, -0.2) is 0 Å². The number of benzene rings is 1. The maximum absolute atomic E-state index is 6.34. The van der Waals surface area contributed by atoms with E-state index in [1.54, 1.807) is 0 Å². The summed E-state index contributed by atoms with van der Waals surface area (Å²) in [5.41, 5.74) is 9.23. The molecule has 0 amide bonds. The van der Waals surface area contributed by atoms with Crippen LogP contribution in [0.5, 0.6) is 5.75 Å². The number of hydrogen-bond acceptors (Lipinski definition) is 2. The second-order valence-electron chi connectivity index (χ2n) is 7.37. The van der Waals surface area contributed by atoms with Crippen LogP contribution in [0.2, 0.25) is 0 Å². The molecular formula is C19H31NO. The lowest BCUT2D eigenvalue weighted by Gasteiger charge is -2.42. The van der Waals surface area contributed by atoms with Crippen molar-refractivity contribution in [2.24, 2.45) is 17.1 Å². The molecule has 1 fully saturated rings. The summed E-state index contributed by atoms with van der Waals surface area (Å²) in [7, 11) is 0. The normalized spacial score (nSPS) is 26.7. The topological polar surface area (TPSA) is 35.2 Å². The number of rotatable bonds is 4. The molecule has 0 aromatic heterocycles. The van der Waals surface area contributed by atoms with Gasteiger partial charge in [0.15, 0.2) is 0 Å². The molecule has 3 unspecified atom stereocenters. The van der Waals surface area contributed by atoms with Crippen LogP contribution < -0.4 is 10.5 Å². The minimum Gasteiger partial charge on any atom is -0.489 e. The van der Waals surface area contributed by atoms with Gasteiger partial charge in [-0.15, -0.1) is 0 Å². The van der Waals surface area contributed by atoms with Crippen molar-refractivity contribution in [3.05, 3.63) is 29.3 Å². The Bertz CT molecular complexity index is 480. The van der Waals surface area contributed by atoms with E-state index in [0.717, 1.165) is 18.6 Å². The van der Waals surface area contributed by atoms with E-state index in [-0.39, 0.29) is 12.1 Å². The summed E-state index contributed by atoms with van der Waals surface area (Å²) in [5, 5.41) is 0. The summed E-state index contributed by atoms with van der Waals surface area (Å²) in [6.07, 6.45) is 4.74. The average Bonchev–Trinajstić information content (AvgIpc) is 2.46. The van der Waals surface area contributed by atoms with Crippen molar-refractivity contribution in [2.75, 3.05) is 0 Å². The average molecular weight is 289 g/mol. The summed E-state index contributed by atoms with van der Waals surface area (Å²) in [6.45, 7) is 11.3. The molecule has 118 valence electrons. The Balaban J connectivity index is 2.12. The second-order valence-corrected chi connectivity index (χ2v) is 7.37. The molecule has 1 saturated carbocycles. The van der Waals surface area contributed by atoms with Crippen LogP contribution >= 0.6 is 0 Å². The lowest BCUT2D eigenvalue weighted by Crippen LogP contribution is -2.46. The van der Waals surface area contributed by atoms with Gasteiger partial charge < -0.3 is 10.5 Å². The smallest absolute Gasteiger partial charge is 0.122 e. The first-order valence-electron chi connectivity index (χ1n) is 8.33. The van der Waals surface area contributed by atoms with Gasteiger partial charge in [-0.3, -0.25) is 0 Å². The van der Waals surface area contributed by atoms with Crippen molar-refractivity contribution in [1.29, 1.82) is 0 Å². The minimum absolute atomic E-state index is 0.148. The molecule has 1 aromatic rings. The Morgan fingerprint density at radius 3 is 2.62 bits per heavy atom. The maximum atomic E-state index is 6.34. The molecule has 21 heavy (non-hydrogen) atoms. The molecule has 0 aliphatic heterocycles. The summed E-state index contributed by atoms with van der Waals surface area (Å²) in [6, 6.07) is 6.43. The highest BCUT2D eigenvalue weighted by Crippen LogP contribution is 2.41. The Labute approximate surface area is 130 Å². The number of aryl methyl sites for hydroxylation is 1. The Morgan fingerprint density at radius 2 is 1.95 bits per heavy atom. The highest BCUT2D eigenvalue weighted by atomic mass is 16.5. The molecular weight excluding hydrogens is 258 g/mol. The van der Waals surface area contributed by atoms with Gasteiger partial charge in [0.25, 0.3) is 0 Å². The molecule has 2 N–H and O–H groups in total. The zero-order chi connectivity index (χ0) is 15.6. The van der Waals surface area contributed by atoms with Crippen molar-refractivity contribution in [3.8, 4) is 5.75 Å². The van der Waals surface area contributed by atoms with Crippen molar-refractivity contribution in [1.82, 2.24) is 0 Å². The lowest BCUT2D eigenvalue weighted by molar-refractivity contribution is 0.0498.